The number of nitrogens with two attached hydrogens (primary N) is 1. The molecule has 1 unspecified atom stereocenters. The van der Waals surface area contributed by atoms with Crippen LogP contribution in [0.25, 0.3) is 0 Å². The third-order valence-corrected chi connectivity index (χ3v) is 3.80. The van der Waals surface area contributed by atoms with Gasteiger partial charge in [0.15, 0.2) is 6.10 Å². The van der Waals surface area contributed by atoms with Crippen LogP contribution in [0.3, 0.4) is 0 Å². The van der Waals surface area contributed by atoms with Gasteiger partial charge in [-0.3, -0.25) is 14.5 Å². The van der Waals surface area contributed by atoms with Gasteiger partial charge in [0.25, 0.3) is 5.91 Å². The summed E-state index contributed by atoms with van der Waals surface area (Å²) in [4.78, 5) is 25.7. The zero-order valence-corrected chi connectivity index (χ0v) is 13.2. The molecule has 0 bridgehead atoms. The van der Waals surface area contributed by atoms with Crippen LogP contribution in [0.2, 0.25) is 0 Å². The number of benzene rings is 2. The molecule has 6 heteroatoms. The van der Waals surface area contributed by atoms with E-state index in [1.165, 1.54) is 24.0 Å². The molecule has 0 aromatic heterocycles. The van der Waals surface area contributed by atoms with Gasteiger partial charge in [-0.05, 0) is 36.8 Å². The molecule has 1 aliphatic heterocycles. The molecule has 1 aliphatic rings. The van der Waals surface area contributed by atoms with Gasteiger partial charge in [-0.1, -0.05) is 12.1 Å². The maximum Gasteiger partial charge on any atom is 0.268 e. The first-order valence-corrected chi connectivity index (χ1v) is 7.55. The lowest BCUT2D eigenvalue weighted by atomic mass is 10.0. The van der Waals surface area contributed by atoms with E-state index in [0.29, 0.717) is 17.1 Å². The summed E-state index contributed by atoms with van der Waals surface area (Å²) in [6, 6.07) is 10.8. The first-order chi connectivity index (χ1) is 11.4. The van der Waals surface area contributed by atoms with Crippen molar-refractivity contribution in [2.24, 2.45) is 0 Å². The normalized spacial score (nSPS) is 16.5. The molecule has 0 saturated heterocycles. The van der Waals surface area contributed by atoms with E-state index in [0.717, 1.165) is 5.56 Å². The minimum atomic E-state index is -0.788. The number of amides is 1. The molecular formula is C18H17FN2O3. The van der Waals surface area contributed by atoms with Gasteiger partial charge in [-0.25, -0.2) is 4.39 Å². The highest BCUT2D eigenvalue weighted by Gasteiger charge is 2.35. The van der Waals surface area contributed by atoms with Crippen LogP contribution >= 0.6 is 0 Å². The second kappa shape index (κ2) is 6.31. The van der Waals surface area contributed by atoms with Crippen LogP contribution < -0.4 is 15.4 Å². The highest BCUT2D eigenvalue weighted by Crippen LogP contribution is 2.36. The summed E-state index contributed by atoms with van der Waals surface area (Å²) >= 11 is 0. The molecular weight excluding hydrogens is 311 g/mol. The molecule has 0 saturated carbocycles. The predicted octanol–water partition coefficient (Wildman–Crippen LogP) is 2.33. The number of anilines is 2. The Labute approximate surface area is 138 Å². The third-order valence-electron chi connectivity index (χ3n) is 3.80. The number of nitrogens with zero attached hydrogens (tertiary/aromatic N) is 1. The summed E-state index contributed by atoms with van der Waals surface area (Å²) < 4.78 is 18.8. The zero-order chi connectivity index (χ0) is 17.3. The number of hydrogen-bond donors (Lipinski definition) is 1. The maximum atomic E-state index is 13.0. The number of carbonyl (C=O) groups is 2. The van der Waals surface area contributed by atoms with Crippen LogP contribution in [0, 0.1) is 5.82 Å². The van der Waals surface area contributed by atoms with E-state index in [4.69, 9.17) is 10.5 Å². The Balaban J connectivity index is 1.92. The summed E-state index contributed by atoms with van der Waals surface area (Å²) in [5.41, 5.74) is 7.59. The Bertz CT molecular complexity index is 789. The number of hydrogen-bond acceptors (Lipinski definition) is 4. The fourth-order valence-corrected chi connectivity index (χ4v) is 2.69. The van der Waals surface area contributed by atoms with Gasteiger partial charge in [0, 0.05) is 18.2 Å². The number of rotatable bonds is 4. The van der Waals surface area contributed by atoms with Gasteiger partial charge >= 0.3 is 0 Å². The highest BCUT2D eigenvalue weighted by molar-refractivity contribution is 6.04. The average Bonchev–Trinajstić information content (AvgIpc) is 2.53. The van der Waals surface area contributed by atoms with E-state index in [1.807, 2.05) is 0 Å². The fourth-order valence-electron chi connectivity index (χ4n) is 2.69. The SMILES string of the molecule is CC(=O)CN1C(=O)C(Cc2ccc(F)cc2)Oc2cc(N)ccc21. The van der Waals surface area contributed by atoms with Crippen LogP contribution in [0.15, 0.2) is 42.5 Å². The second-order valence-electron chi connectivity index (χ2n) is 5.79. The summed E-state index contributed by atoms with van der Waals surface area (Å²) in [7, 11) is 0. The van der Waals surface area contributed by atoms with Crippen molar-refractivity contribution in [2.45, 2.75) is 19.4 Å². The van der Waals surface area contributed by atoms with E-state index in [1.54, 1.807) is 30.3 Å². The van der Waals surface area contributed by atoms with Crippen molar-refractivity contribution in [2.75, 3.05) is 17.2 Å². The zero-order valence-electron chi connectivity index (χ0n) is 13.2. The molecule has 2 N–H and O–H groups in total. The number of ether oxygens (including phenoxy) is 1. The largest absolute Gasteiger partial charge is 0.478 e. The third kappa shape index (κ3) is 3.22. The monoisotopic (exact) mass is 328 g/mol. The molecule has 24 heavy (non-hydrogen) atoms. The van der Waals surface area contributed by atoms with Crippen molar-refractivity contribution < 1.29 is 18.7 Å². The molecule has 1 heterocycles. The fraction of sp³-hybridized carbons (Fsp3) is 0.222. The van der Waals surface area contributed by atoms with Crippen LogP contribution in [-0.2, 0) is 16.0 Å². The summed E-state index contributed by atoms with van der Waals surface area (Å²) in [5.74, 6) is -0.311. The summed E-state index contributed by atoms with van der Waals surface area (Å²) in [5, 5.41) is 0. The average molecular weight is 328 g/mol. The van der Waals surface area contributed by atoms with E-state index >= 15 is 0 Å². The lowest BCUT2D eigenvalue weighted by Gasteiger charge is -2.34. The van der Waals surface area contributed by atoms with E-state index in [-0.39, 0.29) is 30.5 Å². The number of nitrogen functional groups attached to an aromatic ring is 1. The van der Waals surface area contributed by atoms with Gasteiger partial charge in [-0.15, -0.1) is 0 Å². The van der Waals surface area contributed by atoms with Crippen LogP contribution in [0.4, 0.5) is 15.8 Å². The van der Waals surface area contributed by atoms with Gasteiger partial charge in [0.2, 0.25) is 0 Å². The molecule has 3 rings (SSSR count). The van der Waals surface area contributed by atoms with Crippen molar-refractivity contribution in [3.8, 4) is 5.75 Å². The topological polar surface area (TPSA) is 72.6 Å². The maximum absolute atomic E-state index is 13.0. The van der Waals surface area contributed by atoms with E-state index < -0.39 is 6.10 Å². The van der Waals surface area contributed by atoms with Crippen LogP contribution in [0.5, 0.6) is 5.75 Å². The number of ketones is 1. The Morgan fingerprint density at radius 3 is 2.62 bits per heavy atom. The Morgan fingerprint density at radius 2 is 1.96 bits per heavy atom. The standard InChI is InChI=1S/C18H17FN2O3/c1-11(22)10-21-15-7-6-14(20)9-16(15)24-17(18(21)23)8-12-2-4-13(19)5-3-12/h2-7,9,17H,8,10,20H2,1H3. The quantitative estimate of drug-likeness (QED) is 0.874. The van der Waals surface area contributed by atoms with Crippen molar-refractivity contribution in [1.82, 2.24) is 0 Å². The Morgan fingerprint density at radius 1 is 1.25 bits per heavy atom. The molecule has 2 aromatic rings. The van der Waals surface area contributed by atoms with Crippen molar-refractivity contribution in [3.63, 3.8) is 0 Å². The van der Waals surface area contributed by atoms with Crippen molar-refractivity contribution in [1.29, 1.82) is 0 Å². The summed E-state index contributed by atoms with van der Waals surface area (Å²) in [6.45, 7) is 1.40. The van der Waals surface area contributed by atoms with E-state index in [9.17, 15) is 14.0 Å². The highest BCUT2D eigenvalue weighted by atomic mass is 19.1. The summed E-state index contributed by atoms with van der Waals surface area (Å²) in [6.07, 6.45) is -0.508. The molecule has 0 fully saturated rings. The first-order valence-electron chi connectivity index (χ1n) is 7.55. The van der Waals surface area contributed by atoms with Crippen molar-refractivity contribution >= 4 is 23.1 Å². The number of Topliss-reactive ketones (excluding diaryl/α,β-unsaturated/α-hetero) is 1. The predicted molar refractivity (Wildman–Crippen MR) is 88.4 cm³/mol. The Hall–Kier alpha value is -2.89. The second-order valence-corrected chi connectivity index (χ2v) is 5.79. The molecule has 0 spiro atoms. The van der Waals surface area contributed by atoms with E-state index in [2.05, 4.69) is 0 Å². The first kappa shape index (κ1) is 16.0. The van der Waals surface area contributed by atoms with Gasteiger partial charge < -0.3 is 10.5 Å². The molecule has 5 nitrogen and oxygen atoms in total. The molecule has 2 aromatic carbocycles. The molecule has 0 aliphatic carbocycles. The minimum absolute atomic E-state index is 0.0287. The van der Waals surface area contributed by atoms with Crippen molar-refractivity contribution in [3.05, 3.63) is 53.8 Å². The van der Waals surface area contributed by atoms with Crippen LogP contribution in [-0.4, -0.2) is 24.3 Å². The Kier molecular flexibility index (Phi) is 4.20. The van der Waals surface area contributed by atoms with Gasteiger partial charge in [0.05, 0.1) is 12.2 Å². The smallest absolute Gasteiger partial charge is 0.268 e. The van der Waals surface area contributed by atoms with Gasteiger partial charge in [0.1, 0.15) is 17.3 Å². The number of fused-ring (bicyclic) bond motifs is 1. The molecule has 0 radical (unpaired) electrons. The van der Waals surface area contributed by atoms with Crippen LogP contribution in [0.1, 0.15) is 12.5 Å². The molecule has 1 amide bonds. The molecule has 124 valence electrons. The number of carbonyl (C=O) groups excluding carboxylic acids is 2. The molecule has 1 atom stereocenters. The van der Waals surface area contributed by atoms with Gasteiger partial charge in [-0.2, -0.15) is 0 Å². The minimum Gasteiger partial charge on any atom is -0.478 e. The lowest BCUT2D eigenvalue weighted by molar-refractivity contribution is -0.128. The number of halogens is 1. The lowest BCUT2D eigenvalue weighted by Crippen LogP contribution is -2.48.